The molecule has 0 N–H and O–H groups in total. The second-order valence-corrected chi connectivity index (χ2v) is 12.4. The van der Waals surface area contributed by atoms with Gasteiger partial charge in [0.05, 0.1) is 29.9 Å². The van der Waals surface area contributed by atoms with E-state index >= 15 is 0 Å². The van der Waals surface area contributed by atoms with Crippen LogP contribution in [0.5, 0.6) is 0 Å². The Morgan fingerprint density at radius 3 is 2.38 bits per heavy atom. The van der Waals surface area contributed by atoms with E-state index in [-0.39, 0.29) is 11.4 Å². The molecule has 0 radical (unpaired) electrons. The molecule has 0 unspecified atom stereocenters. The largest absolute Gasteiger partial charge is 0.372 e. The molecule has 0 amide bonds. The molecule has 1 fully saturated rings. The standard InChI is InChI=1S/C25H32BrN5O2S/c1-25(2,3)31(19-21-18-30(28-27-21)17-20-10-6-4-7-11-20)34(32,33)24-13-12-22(16-23(24)26)29-14-8-5-9-15-29/h4,6-7,10-13,16,18H,5,8-9,14-15,17,19H2,1-3H3. The Balaban J connectivity index is 1.57. The smallest absolute Gasteiger partial charge is 0.245 e. The minimum absolute atomic E-state index is 0.140. The second kappa shape index (κ2) is 10.2. The Hall–Kier alpha value is -2.23. The van der Waals surface area contributed by atoms with E-state index in [1.807, 2.05) is 69.4 Å². The van der Waals surface area contributed by atoms with Gasteiger partial charge in [-0.05, 0) is 79.7 Å². The zero-order valence-electron chi connectivity index (χ0n) is 20.0. The van der Waals surface area contributed by atoms with Crippen molar-refractivity contribution in [3.05, 3.63) is 70.5 Å². The first-order chi connectivity index (χ1) is 16.1. The molecule has 1 aliphatic heterocycles. The highest BCUT2D eigenvalue weighted by Gasteiger charge is 2.36. The molecule has 0 spiro atoms. The number of benzene rings is 2. The first-order valence-corrected chi connectivity index (χ1v) is 13.9. The van der Waals surface area contributed by atoms with Crippen LogP contribution in [-0.2, 0) is 23.1 Å². The molecule has 9 heteroatoms. The molecule has 0 saturated carbocycles. The van der Waals surface area contributed by atoms with Gasteiger partial charge in [0, 0.05) is 28.8 Å². The van der Waals surface area contributed by atoms with E-state index in [0.29, 0.717) is 16.7 Å². The van der Waals surface area contributed by atoms with Crippen LogP contribution in [0.15, 0.2) is 64.1 Å². The van der Waals surface area contributed by atoms with Crippen molar-refractivity contribution >= 4 is 31.6 Å². The summed E-state index contributed by atoms with van der Waals surface area (Å²) in [6.45, 7) is 8.43. The highest BCUT2D eigenvalue weighted by molar-refractivity contribution is 9.10. The fraction of sp³-hybridized carbons (Fsp3) is 0.440. The van der Waals surface area contributed by atoms with Crippen molar-refractivity contribution < 1.29 is 8.42 Å². The number of sulfonamides is 1. The van der Waals surface area contributed by atoms with E-state index in [2.05, 4.69) is 31.1 Å². The van der Waals surface area contributed by atoms with Gasteiger partial charge in [-0.2, -0.15) is 4.31 Å². The Morgan fingerprint density at radius 1 is 1.03 bits per heavy atom. The van der Waals surface area contributed by atoms with Gasteiger partial charge >= 0.3 is 0 Å². The van der Waals surface area contributed by atoms with Crippen LogP contribution in [0.4, 0.5) is 5.69 Å². The third-order valence-corrected chi connectivity index (χ3v) is 9.12. The minimum Gasteiger partial charge on any atom is -0.372 e. The number of halogens is 1. The lowest BCUT2D eigenvalue weighted by Crippen LogP contribution is -2.45. The maximum Gasteiger partial charge on any atom is 0.245 e. The summed E-state index contributed by atoms with van der Waals surface area (Å²) in [4.78, 5) is 2.58. The molecule has 0 aliphatic carbocycles. The number of nitrogens with zero attached hydrogens (tertiary/aromatic N) is 5. The predicted molar refractivity (Wildman–Crippen MR) is 138 cm³/mol. The first-order valence-electron chi connectivity index (χ1n) is 11.6. The molecule has 0 bridgehead atoms. The maximum atomic E-state index is 13.8. The summed E-state index contributed by atoms with van der Waals surface area (Å²) < 4.78 is 31.5. The number of rotatable bonds is 7. The molecule has 0 atom stereocenters. The van der Waals surface area contributed by atoms with Crippen molar-refractivity contribution in [2.75, 3.05) is 18.0 Å². The van der Waals surface area contributed by atoms with Gasteiger partial charge in [-0.3, -0.25) is 0 Å². The fourth-order valence-corrected chi connectivity index (χ4v) is 7.04. The van der Waals surface area contributed by atoms with E-state index in [1.165, 1.54) is 23.6 Å². The van der Waals surface area contributed by atoms with Gasteiger partial charge in [0.2, 0.25) is 10.0 Å². The van der Waals surface area contributed by atoms with Crippen LogP contribution < -0.4 is 4.90 Å². The van der Waals surface area contributed by atoms with E-state index in [0.717, 1.165) is 24.3 Å². The van der Waals surface area contributed by atoms with Gasteiger partial charge in [0.25, 0.3) is 0 Å². The molecule has 1 saturated heterocycles. The minimum atomic E-state index is -3.79. The summed E-state index contributed by atoms with van der Waals surface area (Å²) in [7, 11) is -3.79. The van der Waals surface area contributed by atoms with Crippen molar-refractivity contribution in [2.45, 2.75) is 63.6 Å². The van der Waals surface area contributed by atoms with Gasteiger partial charge in [0.15, 0.2) is 0 Å². The Bertz CT molecular complexity index is 1220. The number of hydrogen-bond acceptors (Lipinski definition) is 5. The lowest BCUT2D eigenvalue weighted by atomic mass is 10.1. The quantitative estimate of drug-likeness (QED) is 0.414. The number of hydrogen-bond donors (Lipinski definition) is 0. The van der Waals surface area contributed by atoms with E-state index in [9.17, 15) is 8.42 Å². The highest BCUT2D eigenvalue weighted by Crippen LogP contribution is 2.34. The van der Waals surface area contributed by atoms with Crippen LogP contribution in [0.25, 0.3) is 0 Å². The molecular formula is C25H32BrN5O2S. The van der Waals surface area contributed by atoms with Crippen molar-refractivity contribution in [1.29, 1.82) is 0 Å². The molecule has 3 aromatic rings. The van der Waals surface area contributed by atoms with Crippen LogP contribution in [0.2, 0.25) is 0 Å². The Kier molecular flexibility index (Phi) is 7.45. The van der Waals surface area contributed by atoms with Crippen molar-refractivity contribution in [2.24, 2.45) is 0 Å². The lowest BCUT2D eigenvalue weighted by molar-refractivity contribution is 0.240. The zero-order chi connectivity index (χ0) is 24.3. The monoisotopic (exact) mass is 545 g/mol. The SMILES string of the molecule is CC(C)(C)N(Cc1cn(Cc2ccccc2)nn1)S(=O)(=O)c1ccc(N2CCCCC2)cc1Br. The lowest BCUT2D eigenvalue weighted by Gasteiger charge is -2.34. The number of aromatic nitrogens is 3. The highest BCUT2D eigenvalue weighted by atomic mass is 79.9. The molecule has 2 heterocycles. The third-order valence-electron chi connectivity index (χ3n) is 6.03. The summed E-state index contributed by atoms with van der Waals surface area (Å²) in [5.41, 5.74) is 2.12. The van der Waals surface area contributed by atoms with E-state index in [1.54, 1.807) is 10.7 Å². The Morgan fingerprint density at radius 2 is 1.74 bits per heavy atom. The van der Waals surface area contributed by atoms with E-state index in [4.69, 9.17) is 0 Å². The number of anilines is 1. The van der Waals surface area contributed by atoms with Crippen molar-refractivity contribution in [3.63, 3.8) is 0 Å². The topological polar surface area (TPSA) is 71.3 Å². The molecule has 182 valence electrons. The van der Waals surface area contributed by atoms with Crippen LogP contribution >= 0.6 is 15.9 Å². The third kappa shape index (κ3) is 5.70. The summed E-state index contributed by atoms with van der Waals surface area (Å²) in [6.07, 6.45) is 5.40. The average Bonchev–Trinajstić information content (AvgIpc) is 3.24. The van der Waals surface area contributed by atoms with Gasteiger partial charge < -0.3 is 4.90 Å². The Labute approximate surface area is 210 Å². The fourth-order valence-electron chi connectivity index (χ4n) is 4.26. The van der Waals surface area contributed by atoms with Crippen molar-refractivity contribution in [1.82, 2.24) is 19.3 Å². The van der Waals surface area contributed by atoms with Gasteiger partial charge in [0.1, 0.15) is 0 Å². The first kappa shape index (κ1) is 24.9. The summed E-state index contributed by atoms with van der Waals surface area (Å²) in [6, 6.07) is 15.5. The van der Waals surface area contributed by atoms with Crippen LogP contribution in [0, 0.1) is 0 Å². The normalized spacial score (nSPS) is 15.1. The predicted octanol–water partition coefficient (Wildman–Crippen LogP) is 5.07. The summed E-state index contributed by atoms with van der Waals surface area (Å²) in [5.74, 6) is 0. The summed E-state index contributed by atoms with van der Waals surface area (Å²) >= 11 is 3.55. The average molecular weight is 547 g/mol. The zero-order valence-corrected chi connectivity index (χ0v) is 22.4. The molecule has 7 nitrogen and oxygen atoms in total. The maximum absolute atomic E-state index is 13.8. The molecule has 2 aromatic carbocycles. The van der Waals surface area contributed by atoms with Crippen LogP contribution in [0.3, 0.4) is 0 Å². The van der Waals surface area contributed by atoms with E-state index < -0.39 is 15.6 Å². The molecule has 1 aliphatic rings. The molecule has 4 rings (SSSR count). The van der Waals surface area contributed by atoms with Crippen molar-refractivity contribution in [3.8, 4) is 0 Å². The van der Waals surface area contributed by atoms with Gasteiger partial charge in [-0.15, -0.1) is 5.10 Å². The second-order valence-electron chi connectivity index (χ2n) is 9.74. The molecular weight excluding hydrogens is 514 g/mol. The summed E-state index contributed by atoms with van der Waals surface area (Å²) in [5, 5.41) is 8.47. The van der Waals surface area contributed by atoms with Crippen LogP contribution in [-0.4, -0.2) is 46.3 Å². The van der Waals surface area contributed by atoms with Crippen LogP contribution in [0.1, 0.15) is 51.3 Å². The number of piperidine rings is 1. The molecule has 1 aromatic heterocycles. The van der Waals surface area contributed by atoms with Gasteiger partial charge in [-0.1, -0.05) is 35.5 Å². The molecule has 34 heavy (non-hydrogen) atoms. The van der Waals surface area contributed by atoms with Gasteiger partial charge in [-0.25, -0.2) is 13.1 Å².